The van der Waals surface area contributed by atoms with Crippen LogP contribution in [0.4, 0.5) is 0 Å². The van der Waals surface area contributed by atoms with Crippen LogP contribution in [0.25, 0.3) is 0 Å². The summed E-state index contributed by atoms with van der Waals surface area (Å²) in [6, 6.07) is 0.0202. The summed E-state index contributed by atoms with van der Waals surface area (Å²) in [7, 11) is 0.374. The van der Waals surface area contributed by atoms with Gasteiger partial charge in [0.15, 0.2) is 0 Å². The Bertz CT molecular complexity index is 276. The second-order valence-corrected chi connectivity index (χ2v) is 6.35. The van der Waals surface area contributed by atoms with Crippen molar-refractivity contribution in [1.82, 2.24) is 4.90 Å². The number of primary sulfonamides is 1. The fourth-order valence-corrected chi connectivity index (χ4v) is 3.50. The van der Waals surface area contributed by atoms with Gasteiger partial charge in [0.1, 0.15) is 0 Å². The third kappa shape index (κ3) is 5.27. The molecule has 0 aliphatic carbocycles. The van der Waals surface area contributed by atoms with E-state index in [-0.39, 0.29) is 6.04 Å². The normalized spacial score (nSPS) is 16.4. The molecule has 0 heterocycles. The van der Waals surface area contributed by atoms with Crippen molar-refractivity contribution in [1.29, 1.82) is 0 Å². The van der Waals surface area contributed by atoms with Crippen LogP contribution in [-0.4, -0.2) is 38.7 Å². The lowest BCUT2D eigenvalue weighted by molar-refractivity contribution is 0.266. The number of nitrogens with zero attached hydrogens (tertiary/aromatic N) is 1. The van der Waals surface area contributed by atoms with Gasteiger partial charge in [0.25, 0.3) is 0 Å². The molecule has 0 rings (SSSR count). The van der Waals surface area contributed by atoms with Crippen LogP contribution < -0.4 is 5.14 Å². The minimum absolute atomic E-state index is 0.0202. The summed E-state index contributed by atoms with van der Waals surface area (Å²) < 4.78 is 23.2. The van der Waals surface area contributed by atoms with E-state index in [9.17, 15) is 8.42 Å². The van der Waals surface area contributed by atoms with E-state index in [2.05, 4.69) is 6.92 Å². The molecule has 0 aromatic heterocycles. The summed E-state index contributed by atoms with van der Waals surface area (Å²) in [5.41, 5.74) is 0. The summed E-state index contributed by atoms with van der Waals surface area (Å²) in [5.74, 6) is 0. The van der Waals surface area contributed by atoms with Crippen LogP contribution >= 0.6 is 0 Å². The molecular weight excluding hydrogens is 224 g/mol. The molecule has 0 fully saturated rings. The summed E-state index contributed by atoms with van der Waals surface area (Å²) in [6.07, 6.45) is 4.57. The first kappa shape index (κ1) is 15.9. The SMILES string of the molecule is CCCCCC(C(CC)N(C)C)S(N)(=O)=O. The summed E-state index contributed by atoms with van der Waals surface area (Å²) >= 11 is 0. The second kappa shape index (κ2) is 7.25. The Morgan fingerprint density at radius 1 is 1.19 bits per heavy atom. The lowest BCUT2D eigenvalue weighted by Crippen LogP contribution is -2.45. The number of hydrogen-bond donors (Lipinski definition) is 1. The Morgan fingerprint density at radius 2 is 1.75 bits per heavy atom. The Morgan fingerprint density at radius 3 is 2.06 bits per heavy atom. The second-order valence-electron chi connectivity index (χ2n) is 4.56. The highest BCUT2D eigenvalue weighted by Crippen LogP contribution is 2.18. The molecule has 0 aromatic rings. The molecule has 98 valence electrons. The van der Waals surface area contributed by atoms with E-state index in [1.165, 1.54) is 0 Å². The average Bonchev–Trinajstić information content (AvgIpc) is 2.14. The molecule has 5 heteroatoms. The van der Waals surface area contributed by atoms with E-state index >= 15 is 0 Å². The van der Waals surface area contributed by atoms with Crippen LogP contribution in [0.3, 0.4) is 0 Å². The number of hydrogen-bond acceptors (Lipinski definition) is 3. The number of unbranched alkanes of at least 4 members (excludes halogenated alkanes) is 2. The van der Waals surface area contributed by atoms with Crippen molar-refractivity contribution in [2.75, 3.05) is 14.1 Å². The highest BCUT2D eigenvalue weighted by molar-refractivity contribution is 7.89. The van der Waals surface area contributed by atoms with Crippen LogP contribution in [0.1, 0.15) is 46.0 Å². The Hall–Kier alpha value is -0.130. The smallest absolute Gasteiger partial charge is 0.213 e. The topological polar surface area (TPSA) is 63.4 Å². The van der Waals surface area contributed by atoms with Crippen LogP contribution in [-0.2, 0) is 10.0 Å². The molecule has 0 bridgehead atoms. The minimum atomic E-state index is -3.44. The van der Waals surface area contributed by atoms with Crippen molar-refractivity contribution >= 4 is 10.0 Å². The minimum Gasteiger partial charge on any atom is -0.305 e. The van der Waals surface area contributed by atoms with Gasteiger partial charge in [0.2, 0.25) is 10.0 Å². The van der Waals surface area contributed by atoms with E-state index in [0.717, 1.165) is 25.7 Å². The van der Waals surface area contributed by atoms with Gasteiger partial charge in [-0.05, 0) is 26.9 Å². The largest absolute Gasteiger partial charge is 0.305 e. The maximum atomic E-state index is 11.6. The molecule has 0 saturated heterocycles. The molecular formula is C11H26N2O2S. The zero-order valence-electron chi connectivity index (χ0n) is 10.9. The number of sulfonamides is 1. The molecule has 2 atom stereocenters. The first-order chi connectivity index (χ1) is 7.34. The van der Waals surface area contributed by atoms with E-state index < -0.39 is 15.3 Å². The van der Waals surface area contributed by atoms with Crippen LogP contribution in [0.5, 0.6) is 0 Å². The van der Waals surface area contributed by atoms with E-state index in [1.54, 1.807) is 0 Å². The molecule has 16 heavy (non-hydrogen) atoms. The van der Waals surface area contributed by atoms with Crippen molar-refractivity contribution in [3.8, 4) is 0 Å². The van der Waals surface area contributed by atoms with Crippen LogP contribution in [0.15, 0.2) is 0 Å². The van der Waals surface area contributed by atoms with Gasteiger partial charge in [0.05, 0.1) is 5.25 Å². The van der Waals surface area contributed by atoms with Gasteiger partial charge in [-0.25, -0.2) is 13.6 Å². The van der Waals surface area contributed by atoms with Crippen molar-refractivity contribution in [3.05, 3.63) is 0 Å². The Kier molecular flexibility index (Phi) is 7.19. The molecule has 0 amide bonds. The standard InChI is InChI=1S/C11H26N2O2S/c1-5-7-8-9-11(16(12,14)15)10(6-2)13(3)4/h10-11H,5-9H2,1-4H3,(H2,12,14,15). The zero-order valence-corrected chi connectivity index (χ0v) is 11.8. The van der Waals surface area contributed by atoms with Gasteiger partial charge in [-0.15, -0.1) is 0 Å². The number of rotatable bonds is 8. The van der Waals surface area contributed by atoms with Gasteiger partial charge < -0.3 is 4.90 Å². The first-order valence-electron chi connectivity index (χ1n) is 6.02. The Labute approximate surface area is 100 Å². The van der Waals surface area contributed by atoms with Crippen LogP contribution in [0, 0.1) is 0 Å². The molecule has 0 spiro atoms. The van der Waals surface area contributed by atoms with Crippen molar-refractivity contribution in [2.45, 2.75) is 57.2 Å². The third-order valence-electron chi connectivity index (χ3n) is 3.02. The van der Waals surface area contributed by atoms with Crippen molar-refractivity contribution in [3.63, 3.8) is 0 Å². The molecule has 0 radical (unpaired) electrons. The summed E-state index contributed by atoms with van der Waals surface area (Å²) in [6.45, 7) is 4.11. The van der Waals surface area contributed by atoms with E-state index in [1.807, 2.05) is 25.9 Å². The van der Waals surface area contributed by atoms with Crippen LogP contribution in [0.2, 0.25) is 0 Å². The fourth-order valence-electron chi connectivity index (χ4n) is 2.13. The highest BCUT2D eigenvalue weighted by atomic mass is 32.2. The third-order valence-corrected chi connectivity index (χ3v) is 4.42. The van der Waals surface area contributed by atoms with E-state index in [4.69, 9.17) is 5.14 Å². The quantitative estimate of drug-likeness (QED) is 0.665. The maximum Gasteiger partial charge on any atom is 0.213 e. The maximum absolute atomic E-state index is 11.6. The summed E-state index contributed by atoms with van der Waals surface area (Å²) in [4.78, 5) is 1.96. The van der Waals surface area contributed by atoms with Gasteiger partial charge in [-0.3, -0.25) is 0 Å². The molecule has 0 aliphatic heterocycles. The van der Waals surface area contributed by atoms with Gasteiger partial charge in [0, 0.05) is 6.04 Å². The molecule has 2 unspecified atom stereocenters. The predicted octanol–water partition coefficient (Wildman–Crippen LogP) is 1.56. The van der Waals surface area contributed by atoms with Crippen molar-refractivity contribution < 1.29 is 8.42 Å². The average molecular weight is 250 g/mol. The Balaban J connectivity index is 4.66. The lowest BCUT2D eigenvalue weighted by atomic mass is 10.0. The molecule has 0 aromatic carbocycles. The zero-order chi connectivity index (χ0) is 12.8. The summed E-state index contributed by atoms with van der Waals surface area (Å²) in [5, 5.41) is 4.89. The highest BCUT2D eigenvalue weighted by Gasteiger charge is 2.30. The fraction of sp³-hybridized carbons (Fsp3) is 1.00. The number of nitrogens with two attached hydrogens (primary N) is 1. The molecule has 4 nitrogen and oxygen atoms in total. The molecule has 0 saturated carbocycles. The van der Waals surface area contributed by atoms with Gasteiger partial charge in [-0.1, -0.05) is 33.1 Å². The molecule has 2 N–H and O–H groups in total. The van der Waals surface area contributed by atoms with E-state index in [0.29, 0.717) is 6.42 Å². The van der Waals surface area contributed by atoms with Gasteiger partial charge >= 0.3 is 0 Å². The molecule has 0 aliphatic rings. The first-order valence-corrected chi connectivity index (χ1v) is 7.63. The van der Waals surface area contributed by atoms with Gasteiger partial charge in [-0.2, -0.15) is 0 Å². The lowest BCUT2D eigenvalue weighted by Gasteiger charge is -2.30. The predicted molar refractivity (Wildman–Crippen MR) is 68.8 cm³/mol. The monoisotopic (exact) mass is 250 g/mol. The van der Waals surface area contributed by atoms with Crippen molar-refractivity contribution in [2.24, 2.45) is 5.14 Å².